The fourth-order valence-electron chi connectivity index (χ4n) is 8.31. The molecular formula is C60H63Ir2N3-2. The van der Waals surface area contributed by atoms with Crippen molar-refractivity contribution in [2.75, 3.05) is 0 Å². The molecule has 65 heavy (non-hydrogen) atoms. The van der Waals surface area contributed by atoms with Crippen LogP contribution in [0.5, 0.6) is 0 Å². The maximum atomic E-state index is 4.57. The van der Waals surface area contributed by atoms with Crippen molar-refractivity contribution in [3.63, 3.8) is 0 Å². The summed E-state index contributed by atoms with van der Waals surface area (Å²) in [4.78, 5) is 9.11. The number of hydrogen-bond donors (Lipinski definition) is 0. The summed E-state index contributed by atoms with van der Waals surface area (Å²) in [6.07, 6.45) is 12.1. The van der Waals surface area contributed by atoms with E-state index >= 15 is 0 Å². The van der Waals surface area contributed by atoms with Crippen LogP contribution in [0, 0.1) is 26.0 Å². The van der Waals surface area contributed by atoms with Gasteiger partial charge in [-0.2, -0.15) is 0 Å². The molecule has 3 nitrogen and oxygen atoms in total. The molecule has 0 N–H and O–H groups in total. The molecule has 6 aromatic carbocycles. The first kappa shape index (κ1) is 51.0. The number of aromatic nitrogens is 3. The van der Waals surface area contributed by atoms with E-state index in [1.807, 2.05) is 61.1 Å². The molecule has 0 atom stereocenters. The molecule has 0 aliphatic carbocycles. The largest absolute Gasteiger partial charge is 0.340 e. The average molecular weight is 1210 g/mol. The number of pyridine rings is 1. The maximum absolute atomic E-state index is 4.57. The Bertz CT molecular complexity index is 2620. The number of aryl methyl sites for hydroxylation is 3. The molecule has 0 unspecified atom stereocenters. The summed E-state index contributed by atoms with van der Waals surface area (Å²) >= 11 is 0. The van der Waals surface area contributed by atoms with Gasteiger partial charge in [0.25, 0.3) is 0 Å². The molecule has 8 aromatic rings. The third kappa shape index (κ3) is 13.1. The van der Waals surface area contributed by atoms with Crippen molar-refractivity contribution in [3.8, 4) is 61.7 Å². The Balaban J connectivity index is 0.000000257. The van der Waals surface area contributed by atoms with Crippen LogP contribution in [0.1, 0.15) is 102 Å². The van der Waals surface area contributed by atoms with Crippen LogP contribution in [0.25, 0.3) is 61.7 Å². The van der Waals surface area contributed by atoms with Gasteiger partial charge < -0.3 is 9.55 Å². The zero-order valence-corrected chi connectivity index (χ0v) is 44.3. The molecule has 8 rings (SSSR count). The smallest absolute Gasteiger partial charge is 0.0602 e. The molecule has 0 amide bonds. The van der Waals surface area contributed by atoms with Gasteiger partial charge in [-0.3, -0.25) is 4.98 Å². The Kier molecular flexibility index (Phi) is 18.0. The molecular weight excluding hydrogens is 1150 g/mol. The van der Waals surface area contributed by atoms with Crippen molar-refractivity contribution in [2.45, 2.75) is 105 Å². The van der Waals surface area contributed by atoms with Gasteiger partial charge in [-0.25, -0.2) is 0 Å². The zero-order chi connectivity index (χ0) is 44.6. The van der Waals surface area contributed by atoms with Crippen LogP contribution in [0.3, 0.4) is 0 Å². The number of unbranched alkanes of at least 4 members (excludes halogenated alkanes) is 3. The number of imidazole rings is 1. The van der Waals surface area contributed by atoms with Crippen LogP contribution < -0.4 is 0 Å². The maximum Gasteiger partial charge on any atom is 0.0602 e. The van der Waals surface area contributed by atoms with Crippen molar-refractivity contribution in [1.82, 2.24) is 14.5 Å². The first-order valence-corrected chi connectivity index (χ1v) is 22.7. The Labute approximate surface area is 416 Å². The second-order valence-electron chi connectivity index (χ2n) is 18.9. The van der Waals surface area contributed by atoms with Gasteiger partial charge in [0.05, 0.1) is 5.82 Å². The van der Waals surface area contributed by atoms with Gasteiger partial charge in [0.2, 0.25) is 0 Å². The number of benzene rings is 6. The van der Waals surface area contributed by atoms with E-state index in [4.69, 9.17) is 0 Å². The molecule has 2 heterocycles. The number of rotatable bonds is 11. The normalized spacial score (nSPS) is 11.2. The van der Waals surface area contributed by atoms with E-state index in [2.05, 4.69) is 186 Å². The van der Waals surface area contributed by atoms with E-state index in [0.717, 1.165) is 28.2 Å². The number of hydrogen-bond acceptors (Lipinski definition) is 2. The summed E-state index contributed by atoms with van der Waals surface area (Å²) < 4.78 is 2.19. The van der Waals surface area contributed by atoms with Gasteiger partial charge in [-0.1, -0.05) is 141 Å². The van der Waals surface area contributed by atoms with Crippen molar-refractivity contribution >= 4 is 0 Å². The van der Waals surface area contributed by atoms with E-state index < -0.39 is 0 Å². The minimum absolute atomic E-state index is 0. The summed E-state index contributed by atoms with van der Waals surface area (Å²) in [6, 6.07) is 56.7. The molecule has 0 fully saturated rings. The molecule has 0 saturated carbocycles. The predicted molar refractivity (Wildman–Crippen MR) is 267 cm³/mol. The minimum atomic E-state index is 0. The quantitative estimate of drug-likeness (QED) is 0.0954. The van der Waals surface area contributed by atoms with Gasteiger partial charge in [-0.15, -0.1) is 71.3 Å². The molecule has 0 aliphatic rings. The van der Waals surface area contributed by atoms with Gasteiger partial charge in [-0.05, 0) is 123 Å². The molecule has 2 radical (unpaired) electrons. The molecule has 0 saturated heterocycles. The first-order chi connectivity index (χ1) is 30.3. The summed E-state index contributed by atoms with van der Waals surface area (Å²) in [5.41, 5.74) is 18.4. The summed E-state index contributed by atoms with van der Waals surface area (Å²) in [5.74, 6) is 0.947. The van der Waals surface area contributed by atoms with E-state index in [1.54, 1.807) is 0 Å². The summed E-state index contributed by atoms with van der Waals surface area (Å²) in [5, 5.41) is 0. The standard InChI is InChI=1S/C37H36N.C23H27N2.2Ir/c1-36(2,3)33-17-13-26(14-18-33)30-23-31(27-15-19-34(20-16-27)37(4,5)6)25-32(24-30)28-10-9-11-29(22-28)35-12-7-8-21-38-35;1-4-5-6-8-11-20-16-18(2)22(19(3)17-20)25-15-14-24-23(25)21-12-9-7-10-13-21;;/h7-10,12-25H,1-6H3;7,9-10,12,14-17H,4-6,8,11H2,1-3H3;;/q2*-1;;. The predicted octanol–water partition coefficient (Wildman–Crippen LogP) is 16.2. The Hall–Kier alpha value is -5.02. The fourth-order valence-corrected chi connectivity index (χ4v) is 8.31. The Morgan fingerprint density at radius 2 is 1.08 bits per heavy atom. The molecule has 2 aromatic heterocycles. The second kappa shape index (κ2) is 22.9. The van der Waals surface area contributed by atoms with Crippen LogP contribution in [0.2, 0.25) is 0 Å². The van der Waals surface area contributed by atoms with E-state index in [1.165, 1.54) is 93.4 Å². The Morgan fingerprint density at radius 1 is 0.508 bits per heavy atom. The molecule has 0 bridgehead atoms. The summed E-state index contributed by atoms with van der Waals surface area (Å²) in [7, 11) is 0. The SMILES string of the molecule is CC(C)(C)c1ccc(-c2cc(-c3ccc(C(C)(C)C)cc3)cc(-c3cc[c-]c(-c4ccccn4)c3)c2)cc1.CCCCCCc1cc(C)c(-n2ccnc2-c2[c-]cccc2)c(C)c1.[Ir].[Ir]. The third-order valence-corrected chi connectivity index (χ3v) is 11.9. The molecule has 5 heteroatoms. The monoisotopic (exact) mass is 1210 g/mol. The van der Waals surface area contributed by atoms with Gasteiger partial charge in [0.1, 0.15) is 0 Å². The van der Waals surface area contributed by atoms with Crippen molar-refractivity contribution in [1.29, 1.82) is 0 Å². The van der Waals surface area contributed by atoms with Crippen molar-refractivity contribution in [3.05, 3.63) is 198 Å². The van der Waals surface area contributed by atoms with Crippen LogP contribution in [-0.2, 0) is 57.5 Å². The van der Waals surface area contributed by atoms with Crippen LogP contribution >= 0.6 is 0 Å². The van der Waals surface area contributed by atoms with E-state index in [0.29, 0.717) is 0 Å². The van der Waals surface area contributed by atoms with Crippen molar-refractivity contribution < 1.29 is 40.2 Å². The minimum Gasteiger partial charge on any atom is -0.340 e. The third-order valence-electron chi connectivity index (χ3n) is 11.9. The van der Waals surface area contributed by atoms with Gasteiger partial charge >= 0.3 is 0 Å². The van der Waals surface area contributed by atoms with Gasteiger partial charge in [0.15, 0.2) is 0 Å². The molecule has 0 aliphatic heterocycles. The van der Waals surface area contributed by atoms with Gasteiger partial charge in [0, 0.05) is 64.5 Å². The van der Waals surface area contributed by atoms with E-state index in [-0.39, 0.29) is 51.0 Å². The topological polar surface area (TPSA) is 30.7 Å². The molecule has 338 valence electrons. The summed E-state index contributed by atoms with van der Waals surface area (Å²) in [6.45, 7) is 20.2. The second-order valence-corrected chi connectivity index (χ2v) is 18.9. The van der Waals surface area contributed by atoms with E-state index in [9.17, 15) is 0 Å². The van der Waals surface area contributed by atoms with Crippen LogP contribution in [0.4, 0.5) is 0 Å². The Morgan fingerprint density at radius 3 is 1.60 bits per heavy atom. The van der Waals surface area contributed by atoms with Crippen LogP contribution in [0.15, 0.2) is 158 Å². The fraction of sp³-hybridized carbons (Fsp3) is 0.267. The zero-order valence-electron chi connectivity index (χ0n) is 39.6. The van der Waals surface area contributed by atoms with Crippen molar-refractivity contribution in [2.24, 2.45) is 0 Å². The first-order valence-electron chi connectivity index (χ1n) is 22.7. The van der Waals surface area contributed by atoms with Crippen LogP contribution in [-0.4, -0.2) is 14.5 Å². The molecule has 0 spiro atoms. The average Bonchev–Trinajstić information content (AvgIpc) is 3.77. The number of nitrogens with zero attached hydrogens (tertiary/aromatic N) is 3.